The number of anilines is 6. The number of phenols is 3. The number of carboxylic acid groups (broad SMARTS) is 2. The van der Waals surface area contributed by atoms with Crippen molar-refractivity contribution in [1.29, 1.82) is 0 Å². The van der Waals surface area contributed by atoms with Crippen LogP contribution in [0.1, 0.15) is 26.3 Å². The molecule has 380 valence electrons. The summed E-state index contributed by atoms with van der Waals surface area (Å²) in [6, 6.07) is 29.2. The van der Waals surface area contributed by atoms with Gasteiger partial charge < -0.3 is 64.9 Å². The number of rotatable bonds is 17. The van der Waals surface area contributed by atoms with Gasteiger partial charge in [0.2, 0.25) is 17.8 Å². The van der Waals surface area contributed by atoms with E-state index in [1.54, 1.807) is 54.6 Å². The van der Waals surface area contributed by atoms with Crippen molar-refractivity contribution in [3.63, 3.8) is 0 Å². The Kier molecular flexibility index (Phi) is 25.8. The van der Waals surface area contributed by atoms with E-state index in [9.17, 15) is 61.1 Å². The monoisotopic (exact) mass is 1170 g/mol. The molecule has 0 saturated carbocycles. The van der Waals surface area contributed by atoms with Gasteiger partial charge in [-0.1, -0.05) is 35.3 Å². The zero-order chi connectivity index (χ0) is 53.8. The molecule has 0 aliphatic rings. The number of phenolic OH excluding ortho intramolecular Hbond substituents is 1. The molecule has 0 atom stereocenters. The van der Waals surface area contributed by atoms with Crippen LogP contribution < -0.4 is 179 Å². The van der Waals surface area contributed by atoms with Crippen LogP contribution in [0.3, 0.4) is 0 Å². The number of aromatic carboxylic acids is 2. The summed E-state index contributed by atoms with van der Waals surface area (Å²) in [4.78, 5) is 34.1. The largest absolute Gasteiger partial charge is 1.00 e. The van der Waals surface area contributed by atoms with Gasteiger partial charge >= 0.3 is 148 Å². The maximum Gasteiger partial charge on any atom is 1.00 e. The molecule has 33 heteroatoms. The molecular formula is C47H31N12Na5O14S2. The average Bonchev–Trinajstić information content (AvgIpc) is 3.35. The van der Waals surface area contributed by atoms with Gasteiger partial charge in [0.1, 0.15) is 54.6 Å². The summed E-state index contributed by atoms with van der Waals surface area (Å²) in [6.07, 6.45) is 0. The molecule has 26 nitrogen and oxygen atoms in total. The molecule has 1 aromatic heterocycles. The fourth-order valence-electron chi connectivity index (χ4n) is 6.87. The molecule has 8 aromatic rings. The van der Waals surface area contributed by atoms with Crippen LogP contribution in [-0.2, 0) is 20.2 Å². The molecule has 0 amide bonds. The molecular weight excluding hydrogens is 1140 g/mol. The molecule has 0 fully saturated rings. The van der Waals surface area contributed by atoms with E-state index in [0.29, 0.717) is 23.1 Å². The van der Waals surface area contributed by atoms with Gasteiger partial charge in [-0.2, -0.15) is 53.6 Å². The third kappa shape index (κ3) is 17.0. The Morgan fingerprint density at radius 2 is 1.11 bits per heavy atom. The predicted molar refractivity (Wildman–Crippen MR) is 258 cm³/mol. The minimum atomic E-state index is -5.37. The van der Waals surface area contributed by atoms with Gasteiger partial charge in [-0.25, -0.2) is 16.8 Å². The van der Waals surface area contributed by atoms with Crippen molar-refractivity contribution in [2.75, 3.05) is 23.1 Å². The van der Waals surface area contributed by atoms with Gasteiger partial charge in [0.25, 0.3) is 0 Å². The summed E-state index contributed by atoms with van der Waals surface area (Å²) in [6.45, 7) is 1.49. The number of aromatic hydroxyl groups is 3. The molecule has 7 aromatic carbocycles. The summed E-state index contributed by atoms with van der Waals surface area (Å²) in [5.74, 6) is -6.44. The molecule has 0 bridgehead atoms. The number of benzene rings is 7. The number of fused-ring (bicyclic) bond motifs is 1. The van der Waals surface area contributed by atoms with Gasteiger partial charge in [0.05, 0.1) is 51.6 Å². The number of carbonyl (C=O) groups is 2. The van der Waals surface area contributed by atoms with E-state index in [1.165, 1.54) is 44.4 Å². The third-order valence-corrected chi connectivity index (χ3v) is 12.1. The molecule has 0 spiro atoms. The second-order valence-electron chi connectivity index (χ2n) is 15.4. The quantitative estimate of drug-likeness (QED) is 0.0213. The Hall–Kier alpha value is -5.03. The molecule has 8 rings (SSSR count). The van der Waals surface area contributed by atoms with Crippen molar-refractivity contribution in [3.8, 4) is 23.0 Å². The smallest absolute Gasteiger partial charge is 0.744 e. The van der Waals surface area contributed by atoms with Gasteiger partial charge in [-0.05, 0) is 85.3 Å². The summed E-state index contributed by atoms with van der Waals surface area (Å²) < 4.78 is 78.7. The van der Waals surface area contributed by atoms with Crippen LogP contribution in [-0.4, -0.2) is 75.3 Å². The fraction of sp³-hybridized carbons (Fsp3) is 0.0426. The first-order valence-corrected chi connectivity index (χ1v) is 23.9. The van der Waals surface area contributed by atoms with Crippen molar-refractivity contribution in [2.45, 2.75) is 16.7 Å². The first kappa shape index (κ1) is 69.2. The molecule has 6 N–H and O–H groups in total. The fourth-order valence-corrected chi connectivity index (χ4v) is 8.13. The van der Waals surface area contributed by atoms with E-state index in [1.807, 2.05) is 0 Å². The molecule has 0 aliphatic carbocycles. The molecule has 0 unspecified atom stereocenters. The van der Waals surface area contributed by atoms with Gasteiger partial charge in [0.15, 0.2) is 0 Å². The average molecular weight is 1170 g/mol. The van der Waals surface area contributed by atoms with Crippen LogP contribution in [0, 0.1) is 13.0 Å². The predicted octanol–water partition coefficient (Wildman–Crippen LogP) is -7.71. The van der Waals surface area contributed by atoms with Crippen LogP contribution in [0.25, 0.3) is 10.8 Å². The molecule has 1 heterocycles. The maximum absolute atomic E-state index is 12.7. The van der Waals surface area contributed by atoms with Gasteiger partial charge in [-0.15, -0.1) is 15.6 Å². The van der Waals surface area contributed by atoms with Gasteiger partial charge in [-0.3, -0.25) is 0 Å². The normalized spacial score (nSPS) is 11.2. The number of nitrogens with zero attached hydrogens (tertiary/aromatic N) is 9. The Balaban J connectivity index is 0.00000336. The Labute approximate surface area is 564 Å². The Bertz CT molecular complexity index is 3950. The minimum Gasteiger partial charge on any atom is -0.744 e. The number of nitrogens with one attached hydrogen (secondary N) is 3. The zero-order valence-corrected chi connectivity index (χ0v) is 54.8. The van der Waals surface area contributed by atoms with Crippen molar-refractivity contribution >= 4 is 112 Å². The second-order valence-corrected chi connectivity index (χ2v) is 18.1. The van der Waals surface area contributed by atoms with Crippen LogP contribution in [0.5, 0.6) is 23.0 Å². The zero-order valence-electron chi connectivity index (χ0n) is 43.1. The van der Waals surface area contributed by atoms with Crippen molar-refractivity contribution in [3.05, 3.63) is 138 Å². The molecule has 0 aliphatic heterocycles. The topological polar surface area (TPSA) is 414 Å². The standard InChI is InChI=1S/C47H35N12O14S2.5Na/c1-23-17-34(36(73-2)22-33(23)57-56-29-20-31(44(65)66)41(61)38(21-29)75(70,71)72)58-59-40-37(74(67,68)69)18-24-7-6-10-32(39(24)42(40)62)50-47-52-45(48-25-8-4-3-5-9-25)51-46(53-47)49-26-11-13-27(14-12-26)54-55-28-15-16-35(60)30(19-28)43(63)64;;;;;/h3-5,7-22,60-62H,1-2H3,(H,63,64)(H,65,66)(H,67,68,69)(H,70,71,72)(H3,48,49,50,51,52,53);;;;;/q-1;5*+1/p-4. The number of methoxy groups -OCH3 is 1. The van der Waals surface area contributed by atoms with Crippen LogP contribution in [0.15, 0.2) is 156 Å². The SMILES string of the molecule is COc1cc(N=Nc2cc(C(=O)[O-])c(O)c(S(=O)(=O)[O-])c2)c(C)cc1N=Nc1c(S(=O)(=O)[O-])cc2c[c-]cc(Nc3nc(Nc4ccccc4)nc(Nc4ccc(N=Nc5ccc(O)c(C(=O)[O-])c5)cc4)n3)c2c1O.[Na+].[Na+].[Na+].[Na+].[Na+]. The Morgan fingerprint density at radius 1 is 0.575 bits per heavy atom. The van der Waals surface area contributed by atoms with E-state index < -0.39 is 81.7 Å². The molecule has 80 heavy (non-hydrogen) atoms. The summed E-state index contributed by atoms with van der Waals surface area (Å²) in [7, 11) is -9.53. The van der Waals surface area contributed by atoms with E-state index in [2.05, 4.69) is 67.7 Å². The number of carbonyl (C=O) groups excluding carboxylic acids is 2. The van der Waals surface area contributed by atoms with Crippen LogP contribution >= 0.6 is 0 Å². The first-order chi connectivity index (χ1) is 35.6. The number of ether oxygens (including phenoxy) is 1. The summed E-state index contributed by atoms with van der Waals surface area (Å²) in [5, 5.41) is 87.5. The molecule has 0 radical (unpaired) electrons. The van der Waals surface area contributed by atoms with E-state index in [-0.39, 0.29) is 210 Å². The number of hydrogen-bond donors (Lipinski definition) is 6. The minimum absolute atomic E-state index is 0. The number of para-hydroxylation sites is 1. The summed E-state index contributed by atoms with van der Waals surface area (Å²) in [5.41, 5.74) is -0.967. The number of hydrogen-bond acceptors (Lipinski definition) is 26. The third-order valence-electron chi connectivity index (χ3n) is 10.4. The van der Waals surface area contributed by atoms with Crippen molar-refractivity contribution < 1.29 is 214 Å². The van der Waals surface area contributed by atoms with Crippen LogP contribution in [0.4, 0.5) is 69.0 Å². The van der Waals surface area contributed by atoms with E-state index in [0.717, 1.165) is 24.3 Å². The number of azo groups is 3. The number of aryl methyl sites for hydroxylation is 1. The van der Waals surface area contributed by atoms with Crippen LogP contribution in [0.2, 0.25) is 0 Å². The number of aromatic nitrogens is 3. The molecule has 0 saturated heterocycles. The van der Waals surface area contributed by atoms with Gasteiger partial charge in [0, 0.05) is 28.6 Å². The Morgan fingerprint density at radius 3 is 1.70 bits per heavy atom. The van der Waals surface area contributed by atoms with E-state index in [4.69, 9.17) is 4.74 Å². The second kappa shape index (κ2) is 29.8. The van der Waals surface area contributed by atoms with Crippen molar-refractivity contribution in [2.24, 2.45) is 30.7 Å². The summed E-state index contributed by atoms with van der Waals surface area (Å²) >= 11 is 0. The first-order valence-electron chi connectivity index (χ1n) is 21.1. The van der Waals surface area contributed by atoms with Crippen molar-refractivity contribution in [1.82, 2.24) is 15.0 Å². The maximum atomic E-state index is 12.7. The van der Waals surface area contributed by atoms with E-state index >= 15 is 0 Å². The number of carboxylic acids is 2.